The summed E-state index contributed by atoms with van der Waals surface area (Å²) >= 11 is 0. The van der Waals surface area contributed by atoms with Gasteiger partial charge in [-0.25, -0.2) is 17.2 Å². The number of hydrogen-bond acceptors (Lipinski definition) is 3. The first-order valence-corrected chi connectivity index (χ1v) is 7.47. The largest absolute Gasteiger partial charge is 0.330 e. The fraction of sp³-hybridized carbons (Fsp3) is 0.500. The fourth-order valence-corrected chi connectivity index (χ4v) is 4.21. The molecule has 2 atom stereocenters. The molecule has 2 unspecified atom stereocenters. The molecule has 1 aromatic rings. The van der Waals surface area contributed by atoms with Gasteiger partial charge in [0.05, 0.1) is 0 Å². The first-order chi connectivity index (χ1) is 8.86. The molecule has 1 aliphatic heterocycles. The fourth-order valence-electron chi connectivity index (χ4n) is 2.42. The quantitative estimate of drug-likeness (QED) is 0.920. The number of rotatable bonds is 3. The van der Waals surface area contributed by atoms with Crippen LogP contribution in [-0.4, -0.2) is 31.9 Å². The lowest BCUT2D eigenvalue weighted by Crippen LogP contribution is -2.35. The third-order valence-electron chi connectivity index (χ3n) is 3.42. The Morgan fingerprint density at radius 3 is 2.60 bits per heavy atom. The highest BCUT2D eigenvalue weighted by Crippen LogP contribution is 2.30. The van der Waals surface area contributed by atoms with Gasteiger partial charge in [-0.1, -0.05) is 0 Å². The molecule has 114 valence electrons. The average Bonchev–Trinajstić information content (AvgIpc) is 2.74. The van der Waals surface area contributed by atoms with E-state index in [0.717, 1.165) is 12.1 Å². The normalized spacial score (nSPS) is 23.6. The summed E-state index contributed by atoms with van der Waals surface area (Å²) in [6, 6.07) is 2.17. The minimum atomic E-state index is -4.02. The van der Waals surface area contributed by atoms with Crippen molar-refractivity contribution in [1.82, 2.24) is 4.31 Å². The molecule has 4 nitrogen and oxygen atoms in total. The molecule has 8 heteroatoms. The molecule has 1 heterocycles. The Morgan fingerprint density at radius 1 is 1.40 bits per heavy atom. The van der Waals surface area contributed by atoms with Crippen LogP contribution in [0.5, 0.6) is 0 Å². The van der Waals surface area contributed by atoms with Crippen LogP contribution >= 0.6 is 12.4 Å². The van der Waals surface area contributed by atoms with Crippen molar-refractivity contribution in [2.45, 2.75) is 24.3 Å². The van der Waals surface area contributed by atoms with Crippen molar-refractivity contribution in [3.8, 4) is 0 Å². The highest BCUT2D eigenvalue weighted by atomic mass is 35.5. The third kappa shape index (κ3) is 3.11. The molecule has 1 aliphatic rings. The van der Waals surface area contributed by atoms with Crippen LogP contribution in [0.3, 0.4) is 0 Å². The van der Waals surface area contributed by atoms with Crippen molar-refractivity contribution in [3.05, 3.63) is 29.8 Å². The Balaban J connectivity index is 0.00000200. The Morgan fingerprint density at radius 2 is 2.05 bits per heavy atom. The van der Waals surface area contributed by atoms with Gasteiger partial charge < -0.3 is 5.73 Å². The van der Waals surface area contributed by atoms with Crippen LogP contribution in [0.2, 0.25) is 0 Å². The highest BCUT2D eigenvalue weighted by molar-refractivity contribution is 7.89. The molecule has 0 saturated carbocycles. The van der Waals surface area contributed by atoms with E-state index in [1.807, 2.05) is 0 Å². The number of nitrogens with zero attached hydrogens (tertiary/aromatic N) is 1. The molecule has 20 heavy (non-hydrogen) atoms. The Labute approximate surface area is 123 Å². The lowest BCUT2D eigenvalue weighted by molar-refractivity contribution is 0.400. The molecule has 0 aliphatic carbocycles. The zero-order valence-electron chi connectivity index (χ0n) is 10.9. The minimum Gasteiger partial charge on any atom is -0.330 e. The summed E-state index contributed by atoms with van der Waals surface area (Å²) in [5.41, 5.74) is 5.54. The van der Waals surface area contributed by atoms with Crippen LogP contribution in [0, 0.1) is 17.6 Å². The van der Waals surface area contributed by atoms with Gasteiger partial charge in [0.2, 0.25) is 10.0 Å². The maximum absolute atomic E-state index is 13.6. The van der Waals surface area contributed by atoms with Crippen molar-refractivity contribution in [1.29, 1.82) is 0 Å². The zero-order valence-corrected chi connectivity index (χ0v) is 12.6. The Kier molecular flexibility index (Phi) is 5.48. The lowest BCUT2D eigenvalue weighted by Gasteiger charge is -2.21. The summed E-state index contributed by atoms with van der Waals surface area (Å²) in [5.74, 6) is -1.66. The highest BCUT2D eigenvalue weighted by Gasteiger charge is 2.38. The van der Waals surface area contributed by atoms with E-state index < -0.39 is 26.6 Å². The summed E-state index contributed by atoms with van der Waals surface area (Å²) in [4.78, 5) is -0.614. The molecule has 1 aromatic carbocycles. The first-order valence-electron chi connectivity index (χ1n) is 6.03. The molecular formula is C12H17ClF2N2O2S. The molecule has 2 rings (SSSR count). The van der Waals surface area contributed by atoms with Crippen molar-refractivity contribution in [3.63, 3.8) is 0 Å². The first kappa shape index (κ1) is 17.3. The third-order valence-corrected chi connectivity index (χ3v) is 5.41. The van der Waals surface area contributed by atoms with Crippen molar-refractivity contribution >= 4 is 22.4 Å². The van der Waals surface area contributed by atoms with Gasteiger partial charge in [0, 0.05) is 12.6 Å². The van der Waals surface area contributed by atoms with Crippen LogP contribution in [0.25, 0.3) is 0 Å². The van der Waals surface area contributed by atoms with E-state index in [1.165, 1.54) is 4.31 Å². The standard InChI is InChI=1S/C12H16F2N2O2S.ClH/c1-8-4-9(6-15)7-16(8)19(17,18)12-5-10(13)2-3-11(12)14;/h2-3,5,8-9H,4,6-7,15H2,1H3;1H. The Bertz CT molecular complexity index is 583. The molecule has 0 amide bonds. The summed E-state index contributed by atoms with van der Waals surface area (Å²) in [5, 5.41) is 0. The van der Waals surface area contributed by atoms with Crippen molar-refractivity contribution in [2.75, 3.05) is 13.1 Å². The molecule has 0 spiro atoms. The predicted molar refractivity (Wildman–Crippen MR) is 74.1 cm³/mol. The molecule has 2 N–H and O–H groups in total. The molecular weight excluding hydrogens is 310 g/mol. The van der Waals surface area contributed by atoms with Gasteiger partial charge in [-0.3, -0.25) is 0 Å². The van der Waals surface area contributed by atoms with E-state index in [0.29, 0.717) is 19.0 Å². The maximum atomic E-state index is 13.6. The molecule has 0 bridgehead atoms. The van der Waals surface area contributed by atoms with Gasteiger partial charge >= 0.3 is 0 Å². The van der Waals surface area contributed by atoms with Crippen LogP contribution in [-0.2, 0) is 10.0 Å². The molecule has 0 radical (unpaired) electrons. The van der Waals surface area contributed by atoms with Crippen LogP contribution in [0.4, 0.5) is 8.78 Å². The summed E-state index contributed by atoms with van der Waals surface area (Å²) in [6.07, 6.45) is 0.632. The van der Waals surface area contributed by atoms with Crippen LogP contribution < -0.4 is 5.73 Å². The number of nitrogens with two attached hydrogens (primary N) is 1. The predicted octanol–water partition coefficient (Wildman–Crippen LogP) is 1.74. The molecule has 1 fully saturated rings. The maximum Gasteiger partial charge on any atom is 0.246 e. The van der Waals surface area contributed by atoms with E-state index in [-0.39, 0.29) is 30.9 Å². The summed E-state index contributed by atoms with van der Waals surface area (Å²) in [7, 11) is -4.02. The summed E-state index contributed by atoms with van der Waals surface area (Å²) < 4.78 is 52.7. The van der Waals surface area contributed by atoms with Crippen LogP contribution in [0.15, 0.2) is 23.1 Å². The molecule has 1 saturated heterocycles. The number of hydrogen-bond donors (Lipinski definition) is 1. The van der Waals surface area contributed by atoms with E-state index in [2.05, 4.69) is 0 Å². The van der Waals surface area contributed by atoms with Crippen molar-refractivity contribution in [2.24, 2.45) is 11.7 Å². The molecule has 0 aromatic heterocycles. The second-order valence-corrected chi connectivity index (χ2v) is 6.69. The van der Waals surface area contributed by atoms with Gasteiger partial charge in [-0.15, -0.1) is 12.4 Å². The van der Waals surface area contributed by atoms with Gasteiger partial charge in [0.15, 0.2) is 0 Å². The number of sulfonamides is 1. The van der Waals surface area contributed by atoms with Crippen LogP contribution in [0.1, 0.15) is 13.3 Å². The van der Waals surface area contributed by atoms with Gasteiger partial charge in [-0.2, -0.15) is 4.31 Å². The van der Waals surface area contributed by atoms with Gasteiger partial charge in [-0.05, 0) is 44.0 Å². The topological polar surface area (TPSA) is 63.4 Å². The van der Waals surface area contributed by atoms with Gasteiger partial charge in [0.1, 0.15) is 16.5 Å². The lowest BCUT2D eigenvalue weighted by atomic mass is 10.1. The Hall–Kier alpha value is -0.760. The second-order valence-electron chi connectivity index (χ2n) is 4.84. The smallest absolute Gasteiger partial charge is 0.246 e. The summed E-state index contributed by atoms with van der Waals surface area (Å²) in [6.45, 7) is 2.36. The van der Waals surface area contributed by atoms with E-state index >= 15 is 0 Å². The SMILES string of the molecule is CC1CC(CN)CN1S(=O)(=O)c1cc(F)ccc1F.Cl. The minimum absolute atomic E-state index is 0. The number of benzene rings is 1. The van der Waals surface area contributed by atoms with E-state index in [4.69, 9.17) is 5.73 Å². The number of halogens is 3. The van der Waals surface area contributed by atoms with E-state index in [9.17, 15) is 17.2 Å². The van der Waals surface area contributed by atoms with Gasteiger partial charge in [0.25, 0.3) is 0 Å². The van der Waals surface area contributed by atoms with E-state index in [1.54, 1.807) is 6.92 Å². The zero-order chi connectivity index (χ0) is 14.2. The second kappa shape index (κ2) is 6.34. The van der Waals surface area contributed by atoms with Crippen molar-refractivity contribution < 1.29 is 17.2 Å². The average molecular weight is 327 g/mol. The monoisotopic (exact) mass is 326 g/mol.